The minimum Gasteiger partial charge on any atom is -0.263 e. The van der Waals surface area contributed by atoms with Crippen molar-refractivity contribution in [2.75, 3.05) is 4.72 Å². The molecule has 21 heavy (non-hydrogen) atoms. The van der Waals surface area contributed by atoms with Crippen LogP contribution in [0.4, 0.5) is 5.82 Å². The van der Waals surface area contributed by atoms with E-state index in [4.69, 9.17) is 11.6 Å². The summed E-state index contributed by atoms with van der Waals surface area (Å²) in [5.41, 5.74) is 1.29. The van der Waals surface area contributed by atoms with Gasteiger partial charge < -0.3 is 0 Å². The topological polar surface area (TPSA) is 72.0 Å². The molecule has 0 bridgehead atoms. The number of benzene rings is 1. The lowest BCUT2D eigenvalue weighted by molar-refractivity contribution is 0.600. The Hall–Kier alpha value is -1.66. The van der Waals surface area contributed by atoms with E-state index in [0.29, 0.717) is 28.4 Å². The fraction of sp³-hybridized carbons (Fsp3) is 0.286. The van der Waals surface area contributed by atoms with Crippen molar-refractivity contribution in [1.82, 2.24) is 9.97 Å². The van der Waals surface area contributed by atoms with Crippen LogP contribution in [0.3, 0.4) is 0 Å². The average molecular weight is 326 g/mol. The van der Waals surface area contributed by atoms with Crippen molar-refractivity contribution in [3.63, 3.8) is 0 Å². The van der Waals surface area contributed by atoms with E-state index in [1.807, 2.05) is 6.92 Å². The van der Waals surface area contributed by atoms with Crippen LogP contribution in [0.2, 0.25) is 5.02 Å². The molecule has 0 radical (unpaired) electrons. The normalized spacial score (nSPS) is 11.4. The Bertz CT molecular complexity index is 776. The first-order valence-corrected chi connectivity index (χ1v) is 8.31. The van der Waals surface area contributed by atoms with Gasteiger partial charge >= 0.3 is 0 Å². The maximum absolute atomic E-state index is 12.5. The van der Waals surface area contributed by atoms with Crippen molar-refractivity contribution in [2.45, 2.75) is 32.1 Å². The molecule has 112 valence electrons. The first-order valence-electron chi connectivity index (χ1n) is 6.45. The van der Waals surface area contributed by atoms with Gasteiger partial charge in [0.2, 0.25) is 0 Å². The monoisotopic (exact) mass is 325 g/mol. The zero-order chi connectivity index (χ0) is 15.6. The summed E-state index contributed by atoms with van der Waals surface area (Å²) in [5.74, 6) is 0.841. The largest absolute Gasteiger partial charge is 0.263 e. The van der Waals surface area contributed by atoms with Crippen LogP contribution in [0, 0.1) is 13.8 Å². The molecule has 2 rings (SSSR count). The molecule has 2 aromatic rings. The van der Waals surface area contributed by atoms with Gasteiger partial charge in [0.05, 0.1) is 4.90 Å². The van der Waals surface area contributed by atoms with Crippen molar-refractivity contribution in [3.05, 3.63) is 46.4 Å². The number of anilines is 1. The molecule has 1 aromatic carbocycles. The molecule has 0 aliphatic carbocycles. The summed E-state index contributed by atoms with van der Waals surface area (Å²) < 4.78 is 27.4. The molecule has 0 spiro atoms. The highest BCUT2D eigenvalue weighted by Crippen LogP contribution is 2.25. The Morgan fingerprint density at radius 1 is 1.24 bits per heavy atom. The van der Waals surface area contributed by atoms with Crippen LogP contribution < -0.4 is 4.72 Å². The second-order valence-electron chi connectivity index (χ2n) is 4.68. The van der Waals surface area contributed by atoms with Crippen molar-refractivity contribution < 1.29 is 8.42 Å². The third-order valence-electron chi connectivity index (χ3n) is 3.01. The van der Waals surface area contributed by atoms with Gasteiger partial charge in [-0.25, -0.2) is 18.4 Å². The standard InChI is InChI=1S/C14H16ClN3O2S/c1-4-13-16-6-5-14(17-13)18-21(19,20)12-8-9(2)11(15)7-10(12)3/h5-8H,4H2,1-3H3,(H,16,17,18). The third-order valence-corrected chi connectivity index (χ3v) is 4.91. The van der Waals surface area contributed by atoms with Gasteiger partial charge in [0.1, 0.15) is 11.6 Å². The highest BCUT2D eigenvalue weighted by atomic mass is 35.5. The zero-order valence-electron chi connectivity index (χ0n) is 12.0. The summed E-state index contributed by atoms with van der Waals surface area (Å²) in [4.78, 5) is 8.38. The summed E-state index contributed by atoms with van der Waals surface area (Å²) in [5, 5.41) is 0.543. The number of aryl methyl sites for hydroxylation is 3. The summed E-state index contributed by atoms with van der Waals surface area (Å²) in [6.07, 6.45) is 2.16. The Morgan fingerprint density at radius 3 is 2.62 bits per heavy atom. The Labute approximate surface area is 129 Å². The quantitative estimate of drug-likeness (QED) is 0.937. The molecule has 0 aliphatic heterocycles. The van der Waals surface area contributed by atoms with Crippen molar-refractivity contribution in [2.24, 2.45) is 0 Å². The van der Waals surface area contributed by atoms with E-state index in [1.165, 1.54) is 12.3 Å². The molecule has 0 fully saturated rings. The third kappa shape index (κ3) is 3.51. The highest BCUT2D eigenvalue weighted by molar-refractivity contribution is 7.92. The van der Waals surface area contributed by atoms with Crippen LogP contribution in [0.15, 0.2) is 29.3 Å². The molecule has 0 unspecified atom stereocenters. The summed E-state index contributed by atoms with van der Waals surface area (Å²) in [6.45, 7) is 5.37. The molecule has 0 atom stereocenters. The molecule has 0 saturated carbocycles. The van der Waals surface area contributed by atoms with E-state index >= 15 is 0 Å². The number of nitrogens with one attached hydrogen (secondary N) is 1. The second kappa shape index (κ2) is 5.99. The van der Waals surface area contributed by atoms with Crippen molar-refractivity contribution in [1.29, 1.82) is 0 Å². The van der Waals surface area contributed by atoms with Crippen molar-refractivity contribution in [3.8, 4) is 0 Å². The molecule has 0 aliphatic rings. The van der Waals surface area contributed by atoms with Gasteiger partial charge in [-0.3, -0.25) is 4.72 Å². The lowest BCUT2D eigenvalue weighted by Gasteiger charge is -2.11. The lowest BCUT2D eigenvalue weighted by Crippen LogP contribution is -2.16. The minimum absolute atomic E-state index is 0.195. The van der Waals surface area contributed by atoms with Crippen LogP contribution in [0.1, 0.15) is 23.9 Å². The van der Waals surface area contributed by atoms with Crippen molar-refractivity contribution >= 4 is 27.4 Å². The average Bonchev–Trinajstić information content (AvgIpc) is 2.42. The fourth-order valence-electron chi connectivity index (χ4n) is 1.86. The number of rotatable bonds is 4. The van der Waals surface area contributed by atoms with Gasteiger partial charge in [0.25, 0.3) is 10.0 Å². The van der Waals surface area contributed by atoms with Crippen LogP contribution in [0.25, 0.3) is 0 Å². The van der Waals surface area contributed by atoms with Gasteiger partial charge in [0.15, 0.2) is 0 Å². The van der Waals surface area contributed by atoms with Gasteiger partial charge in [-0.15, -0.1) is 0 Å². The predicted molar refractivity (Wildman–Crippen MR) is 83.1 cm³/mol. The van der Waals surface area contributed by atoms with E-state index in [0.717, 1.165) is 0 Å². The summed E-state index contributed by atoms with van der Waals surface area (Å²) in [6, 6.07) is 4.72. The SMILES string of the molecule is CCc1nccc(NS(=O)(=O)c2cc(C)c(Cl)cc2C)n1. The fourth-order valence-corrected chi connectivity index (χ4v) is 3.39. The van der Waals surface area contributed by atoms with E-state index in [9.17, 15) is 8.42 Å². The van der Waals surface area contributed by atoms with Gasteiger partial charge in [0, 0.05) is 17.6 Å². The molecular formula is C14H16ClN3O2S. The molecule has 1 aromatic heterocycles. The maximum atomic E-state index is 12.5. The predicted octanol–water partition coefficient (Wildman–Crippen LogP) is 3.11. The van der Waals surface area contributed by atoms with Gasteiger partial charge in [-0.05, 0) is 43.2 Å². The van der Waals surface area contributed by atoms with Crippen LogP contribution in [0.5, 0.6) is 0 Å². The van der Waals surface area contributed by atoms with Crippen LogP contribution >= 0.6 is 11.6 Å². The molecule has 0 saturated heterocycles. The number of halogens is 1. The number of hydrogen-bond acceptors (Lipinski definition) is 4. The number of sulfonamides is 1. The molecule has 0 amide bonds. The van der Waals surface area contributed by atoms with E-state index in [-0.39, 0.29) is 10.7 Å². The van der Waals surface area contributed by atoms with Crippen LogP contribution in [-0.4, -0.2) is 18.4 Å². The minimum atomic E-state index is -3.71. The Balaban J connectivity index is 2.40. The van der Waals surface area contributed by atoms with E-state index in [2.05, 4.69) is 14.7 Å². The summed E-state index contributed by atoms with van der Waals surface area (Å²) in [7, 11) is -3.71. The van der Waals surface area contributed by atoms with Gasteiger partial charge in [-0.2, -0.15) is 0 Å². The summed E-state index contributed by atoms with van der Waals surface area (Å²) >= 11 is 6.00. The smallest absolute Gasteiger partial charge is 0.263 e. The molecule has 7 heteroatoms. The lowest BCUT2D eigenvalue weighted by atomic mass is 10.2. The Morgan fingerprint density at radius 2 is 1.95 bits per heavy atom. The molecule has 1 heterocycles. The number of nitrogens with zero attached hydrogens (tertiary/aromatic N) is 2. The van der Waals surface area contributed by atoms with Gasteiger partial charge in [-0.1, -0.05) is 18.5 Å². The molecule has 1 N–H and O–H groups in total. The first-order chi connectivity index (χ1) is 9.83. The molecular weight excluding hydrogens is 310 g/mol. The number of hydrogen-bond donors (Lipinski definition) is 1. The second-order valence-corrected chi connectivity index (χ2v) is 6.74. The zero-order valence-corrected chi connectivity index (χ0v) is 13.6. The van der Waals surface area contributed by atoms with E-state index < -0.39 is 10.0 Å². The Kier molecular flexibility index (Phi) is 4.49. The van der Waals surface area contributed by atoms with E-state index in [1.54, 1.807) is 26.0 Å². The molecule has 5 nitrogen and oxygen atoms in total. The maximum Gasteiger partial charge on any atom is 0.263 e. The number of aromatic nitrogens is 2. The first kappa shape index (κ1) is 15.7. The highest BCUT2D eigenvalue weighted by Gasteiger charge is 2.19. The van der Waals surface area contributed by atoms with Crippen LogP contribution in [-0.2, 0) is 16.4 Å².